The van der Waals surface area contributed by atoms with Crippen molar-refractivity contribution in [1.82, 2.24) is 0 Å². The van der Waals surface area contributed by atoms with Crippen LogP contribution in [0.3, 0.4) is 0 Å². The lowest BCUT2D eigenvalue weighted by atomic mass is 10.5. The van der Waals surface area contributed by atoms with E-state index in [1.165, 1.54) is 0 Å². The zero-order valence-electron chi connectivity index (χ0n) is 5.33. The number of aliphatic hydroxyl groups is 1. The molecule has 0 aliphatic rings. The number of hydrogen-bond acceptors (Lipinski definition) is 3. The number of carbonyl (C=O) groups excluding carboxylic acids is 1. The molecule has 0 unspecified atom stereocenters. The van der Waals surface area contributed by atoms with Crippen LogP contribution in [-0.2, 0) is 9.53 Å². The molecular formula is C6H7NO3. The van der Waals surface area contributed by atoms with Gasteiger partial charge >= 0.3 is 5.97 Å². The van der Waals surface area contributed by atoms with Crippen LogP contribution in [0.5, 0.6) is 0 Å². The lowest BCUT2D eigenvalue weighted by Crippen LogP contribution is -2.08. The Morgan fingerprint density at radius 2 is 2.40 bits per heavy atom. The fraction of sp³-hybridized carbons (Fsp3) is 0.333. The van der Waals surface area contributed by atoms with E-state index in [0.29, 0.717) is 0 Å². The quantitative estimate of drug-likeness (QED) is 0.340. The summed E-state index contributed by atoms with van der Waals surface area (Å²) in [5.41, 5.74) is -0.270. The van der Waals surface area contributed by atoms with E-state index in [-0.39, 0.29) is 18.9 Å². The Labute approximate surface area is 58.5 Å². The molecule has 1 N–H and O–H groups in total. The topological polar surface area (TPSA) is 50.9 Å². The molecule has 4 nitrogen and oxygen atoms in total. The SMILES string of the molecule is [C-]#[N+]C(=C)C(=O)OCCO. The summed E-state index contributed by atoms with van der Waals surface area (Å²) in [7, 11) is 0. The Morgan fingerprint density at radius 3 is 2.80 bits per heavy atom. The fourth-order valence-corrected chi connectivity index (χ4v) is 0.267. The van der Waals surface area contributed by atoms with E-state index < -0.39 is 5.97 Å². The summed E-state index contributed by atoms with van der Waals surface area (Å²) in [4.78, 5) is 13.2. The summed E-state index contributed by atoms with van der Waals surface area (Å²) >= 11 is 0. The Morgan fingerprint density at radius 1 is 1.80 bits per heavy atom. The number of hydrogen-bond donors (Lipinski definition) is 1. The molecule has 0 fully saturated rings. The van der Waals surface area contributed by atoms with Crippen LogP contribution in [0.15, 0.2) is 12.3 Å². The van der Waals surface area contributed by atoms with Gasteiger partial charge in [0.05, 0.1) is 13.2 Å². The van der Waals surface area contributed by atoms with Crippen LogP contribution in [0.2, 0.25) is 0 Å². The Balaban J connectivity index is 3.66. The maximum atomic E-state index is 10.5. The summed E-state index contributed by atoms with van der Waals surface area (Å²) in [6.45, 7) is 9.12. The zero-order valence-corrected chi connectivity index (χ0v) is 5.33. The van der Waals surface area contributed by atoms with Crippen molar-refractivity contribution in [3.63, 3.8) is 0 Å². The van der Waals surface area contributed by atoms with Gasteiger partial charge in [0.1, 0.15) is 6.61 Å². The summed E-state index contributed by atoms with van der Waals surface area (Å²) in [6, 6.07) is 0. The minimum Gasteiger partial charge on any atom is -0.468 e. The van der Waals surface area contributed by atoms with E-state index in [2.05, 4.69) is 16.2 Å². The van der Waals surface area contributed by atoms with Gasteiger partial charge in [-0.15, -0.1) is 0 Å². The fourth-order valence-electron chi connectivity index (χ4n) is 0.267. The molecule has 0 saturated heterocycles. The second kappa shape index (κ2) is 4.53. The molecule has 0 heterocycles. The van der Waals surface area contributed by atoms with Gasteiger partial charge in [0, 0.05) is 0 Å². The van der Waals surface area contributed by atoms with E-state index in [4.69, 9.17) is 11.7 Å². The monoisotopic (exact) mass is 141 g/mol. The molecule has 0 aromatic heterocycles. The number of carbonyl (C=O) groups is 1. The third-order valence-corrected chi connectivity index (χ3v) is 0.695. The minimum atomic E-state index is -0.774. The van der Waals surface area contributed by atoms with Gasteiger partial charge in [0.15, 0.2) is 0 Å². The number of esters is 1. The Kier molecular flexibility index (Phi) is 3.92. The average Bonchev–Trinajstić information content (AvgIpc) is 1.98. The maximum absolute atomic E-state index is 10.5. The van der Waals surface area contributed by atoms with Crippen molar-refractivity contribution in [1.29, 1.82) is 0 Å². The largest absolute Gasteiger partial charge is 0.468 e. The average molecular weight is 141 g/mol. The van der Waals surface area contributed by atoms with Crippen LogP contribution >= 0.6 is 0 Å². The van der Waals surface area contributed by atoms with Gasteiger partial charge in [-0.2, -0.15) is 0 Å². The molecule has 0 amide bonds. The van der Waals surface area contributed by atoms with E-state index in [9.17, 15) is 4.79 Å². The van der Waals surface area contributed by atoms with E-state index in [1.54, 1.807) is 0 Å². The van der Waals surface area contributed by atoms with Gasteiger partial charge in [-0.3, -0.25) is 4.79 Å². The third kappa shape index (κ3) is 2.84. The third-order valence-electron chi connectivity index (χ3n) is 0.695. The Hall–Kier alpha value is -1.34. The van der Waals surface area contributed by atoms with E-state index >= 15 is 0 Å². The van der Waals surface area contributed by atoms with Gasteiger partial charge < -0.3 is 9.84 Å². The molecule has 0 aromatic carbocycles. The molecular weight excluding hydrogens is 134 g/mol. The first-order valence-corrected chi connectivity index (χ1v) is 2.56. The molecule has 0 rings (SSSR count). The summed E-state index contributed by atoms with van der Waals surface area (Å²) in [6.07, 6.45) is 0. The molecule has 0 aliphatic carbocycles. The van der Waals surface area contributed by atoms with Crippen LogP contribution in [0.4, 0.5) is 0 Å². The highest BCUT2D eigenvalue weighted by Gasteiger charge is 2.05. The maximum Gasteiger partial charge on any atom is 0.335 e. The number of rotatable bonds is 3. The van der Waals surface area contributed by atoms with Gasteiger partial charge in [0.2, 0.25) is 0 Å². The van der Waals surface area contributed by atoms with Crippen LogP contribution in [0.25, 0.3) is 4.85 Å². The standard InChI is InChI=1S/C6H7NO3/c1-5(7-2)6(9)10-4-3-8/h8H,1,3-4H2. The predicted octanol–water partition coefficient (Wildman–Crippen LogP) is -0.0451. The summed E-state index contributed by atoms with van der Waals surface area (Å²) in [5, 5.41) is 8.19. The zero-order chi connectivity index (χ0) is 7.98. The first-order valence-electron chi connectivity index (χ1n) is 2.56. The van der Waals surface area contributed by atoms with Crippen molar-refractivity contribution in [2.45, 2.75) is 0 Å². The Bertz CT molecular complexity index is 180. The highest BCUT2D eigenvalue weighted by molar-refractivity contribution is 5.89. The van der Waals surface area contributed by atoms with Crippen LogP contribution < -0.4 is 0 Å². The summed E-state index contributed by atoms with van der Waals surface area (Å²) < 4.78 is 4.34. The summed E-state index contributed by atoms with van der Waals surface area (Å²) in [5.74, 6) is -0.774. The molecule has 10 heavy (non-hydrogen) atoms. The molecule has 0 aromatic rings. The first-order chi connectivity index (χ1) is 4.72. The van der Waals surface area contributed by atoms with Crippen molar-refractivity contribution in [3.8, 4) is 0 Å². The molecule has 0 saturated carbocycles. The van der Waals surface area contributed by atoms with Gasteiger partial charge in [-0.05, 0) is 0 Å². The van der Waals surface area contributed by atoms with Crippen LogP contribution in [0, 0.1) is 6.57 Å². The molecule has 0 atom stereocenters. The van der Waals surface area contributed by atoms with Crippen LogP contribution in [0.1, 0.15) is 0 Å². The highest BCUT2D eigenvalue weighted by atomic mass is 16.5. The first kappa shape index (κ1) is 8.66. The number of ether oxygens (including phenoxy) is 1. The number of aliphatic hydroxyl groups excluding tert-OH is 1. The van der Waals surface area contributed by atoms with Crippen LogP contribution in [-0.4, -0.2) is 24.3 Å². The molecule has 54 valence electrons. The highest BCUT2D eigenvalue weighted by Crippen LogP contribution is 1.94. The van der Waals surface area contributed by atoms with Crippen molar-refractivity contribution < 1.29 is 14.6 Å². The predicted molar refractivity (Wildman–Crippen MR) is 33.8 cm³/mol. The van der Waals surface area contributed by atoms with Gasteiger partial charge in [0.25, 0.3) is 5.70 Å². The van der Waals surface area contributed by atoms with Gasteiger partial charge in [-0.25, -0.2) is 4.85 Å². The molecule has 0 spiro atoms. The molecule has 0 radical (unpaired) electrons. The molecule has 4 heteroatoms. The lowest BCUT2D eigenvalue weighted by Gasteiger charge is -1.97. The normalized spacial score (nSPS) is 8.00. The van der Waals surface area contributed by atoms with Crippen molar-refractivity contribution in [3.05, 3.63) is 23.7 Å². The molecule has 0 bridgehead atoms. The second-order valence-corrected chi connectivity index (χ2v) is 1.42. The molecule has 0 aliphatic heterocycles. The van der Waals surface area contributed by atoms with Crippen molar-refractivity contribution in [2.75, 3.05) is 13.2 Å². The minimum absolute atomic E-state index is 0.0899. The van der Waals surface area contributed by atoms with E-state index in [0.717, 1.165) is 0 Å². The smallest absolute Gasteiger partial charge is 0.335 e. The van der Waals surface area contributed by atoms with Crippen molar-refractivity contribution in [2.24, 2.45) is 0 Å². The van der Waals surface area contributed by atoms with Crippen molar-refractivity contribution >= 4 is 5.97 Å². The van der Waals surface area contributed by atoms with Gasteiger partial charge in [-0.1, -0.05) is 6.58 Å². The van der Waals surface area contributed by atoms with E-state index in [1.807, 2.05) is 0 Å². The number of nitrogens with zero attached hydrogens (tertiary/aromatic N) is 1. The second-order valence-electron chi connectivity index (χ2n) is 1.42. The lowest BCUT2D eigenvalue weighted by molar-refractivity contribution is -0.139.